The predicted molar refractivity (Wildman–Crippen MR) is 90.1 cm³/mol. The molecule has 0 bridgehead atoms. The molecule has 20 heavy (non-hydrogen) atoms. The quantitative estimate of drug-likeness (QED) is 0.340. The van der Waals surface area contributed by atoms with Crippen LogP contribution in [0.2, 0.25) is 0 Å². The normalized spacial score (nSPS) is 14.6. The second-order valence-corrected chi connectivity index (χ2v) is 7.52. The number of carbonyl (C=O) groups is 1. The van der Waals surface area contributed by atoms with Crippen molar-refractivity contribution >= 4 is 17.7 Å². The summed E-state index contributed by atoms with van der Waals surface area (Å²) < 4.78 is 4.99. The summed E-state index contributed by atoms with van der Waals surface area (Å²) in [4.78, 5) is 11.0. The molecule has 116 valence electrons. The number of rotatable bonds is 9. The average molecular weight is 298 g/mol. The Bertz CT molecular complexity index is 343. The monoisotopic (exact) mass is 298 g/mol. The van der Waals surface area contributed by atoms with E-state index in [0.29, 0.717) is 10.7 Å². The van der Waals surface area contributed by atoms with Crippen LogP contribution in [0.4, 0.5) is 0 Å². The molecule has 1 unspecified atom stereocenters. The lowest BCUT2D eigenvalue weighted by molar-refractivity contribution is -0.134. The van der Waals surface area contributed by atoms with Crippen molar-refractivity contribution in [3.63, 3.8) is 0 Å². The van der Waals surface area contributed by atoms with Gasteiger partial charge in [-0.2, -0.15) is 11.8 Å². The first kappa shape index (κ1) is 19.3. The van der Waals surface area contributed by atoms with E-state index in [9.17, 15) is 4.79 Å². The molecule has 3 heteroatoms. The Hall–Kier alpha value is -0.700. The fourth-order valence-corrected chi connectivity index (χ4v) is 2.22. The van der Waals surface area contributed by atoms with Crippen LogP contribution in [0.1, 0.15) is 53.4 Å². The van der Waals surface area contributed by atoms with Crippen LogP contribution in [0, 0.1) is 5.92 Å². The van der Waals surface area contributed by atoms with Crippen LogP contribution >= 0.6 is 11.8 Å². The van der Waals surface area contributed by atoms with Gasteiger partial charge in [0.25, 0.3) is 0 Å². The number of carbonyl (C=O) groups excluding carboxylic acids is 1. The Morgan fingerprint density at radius 1 is 1.40 bits per heavy atom. The Kier molecular flexibility index (Phi) is 9.74. The van der Waals surface area contributed by atoms with Gasteiger partial charge in [-0.25, -0.2) is 4.79 Å². The molecule has 0 rings (SSSR count). The lowest BCUT2D eigenvalue weighted by Gasteiger charge is -2.22. The summed E-state index contributed by atoms with van der Waals surface area (Å²) in [6, 6.07) is 0. The third-order valence-electron chi connectivity index (χ3n) is 3.49. The predicted octanol–water partition coefficient (Wildman–Crippen LogP) is 5.00. The van der Waals surface area contributed by atoms with Crippen LogP contribution in [0.15, 0.2) is 23.8 Å². The average Bonchev–Trinajstić information content (AvgIpc) is 2.38. The second kappa shape index (κ2) is 10.1. The number of esters is 1. The van der Waals surface area contributed by atoms with Gasteiger partial charge in [0.2, 0.25) is 0 Å². The number of hydrogen-bond acceptors (Lipinski definition) is 3. The highest BCUT2D eigenvalue weighted by Gasteiger charge is 2.15. The molecule has 0 radical (unpaired) electrons. The largest absolute Gasteiger partial charge is 0.466 e. The Morgan fingerprint density at radius 3 is 2.60 bits per heavy atom. The first-order valence-corrected chi connectivity index (χ1v) is 8.51. The van der Waals surface area contributed by atoms with Crippen LogP contribution in [0.3, 0.4) is 0 Å². The van der Waals surface area contributed by atoms with Crippen molar-refractivity contribution in [2.45, 2.75) is 58.1 Å². The summed E-state index contributed by atoms with van der Waals surface area (Å²) in [6.45, 7) is 8.82. The smallest absolute Gasteiger partial charge is 0.330 e. The molecule has 0 saturated heterocycles. The van der Waals surface area contributed by atoms with Crippen molar-refractivity contribution in [1.82, 2.24) is 0 Å². The van der Waals surface area contributed by atoms with Gasteiger partial charge >= 0.3 is 5.97 Å². The standard InChI is InChI=1S/C17H30O2S/c1-14(11-8-12-17(3,4)20-6)9-7-10-15(2)13-16(18)19-5/h7,10,13-14H,8-9,11-12H2,1-6H3. The molecule has 0 aromatic carbocycles. The minimum Gasteiger partial charge on any atom is -0.466 e. The summed E-state index contributed by atoms with van der Waals surface area (Å²) >= 11 is 1.94. The van der Waals surface area contributed by atoms with E-state index in [-0.39, 0.29) is 5.97 Å². The van der Waals surface area contributed by atoms with Crippen LogP contribution in [0.25, 0.3) is 0 Å². The molecule has 0 aliphatic carbocycles. The number of thioether (sulfide) groups is 1. The Labute approximate surface area is 129 Å². The summed E-state index contributed by atoms with van der Waals surface area (Å²) in [7, 11) is 1.40. The molecule has 0 saturated carbocycles. The van der Waals surface area contributed by atoms with Crippen LogP contribution < -0.4 is 0 Å². The SMILES string of the molecule is COC(=O)C=C(C)C=CCC(C)CCCC(C)(C)SC. The van der Waals surface area contributed by atoms with E-state index in [1.54, 1.807) is 0 Å². The minimum absolute atomic E-state index is 0.292. The molecule has 0 aliphatic rings. The fourth-order valence-electron chi connectivity index (χ4n) is 1.88. The van der Waals surface area contributed by atoms with E-state index in [0.717, 1.165) is 12.0 Å². The van der Waals surface area contributed by atoms with Crippen molar-refractivity contribution in [3.8, 4) is 0 Å². The highest BCUT2D eigenvalue weighted by molar-refractivity contribution is 7.99. The lowest BCUT2D eigenvalue weighted by atomic mass is 9.96. The van der Waals surface area contributed by atoms with Crippen LogP contribution in [-0.2, 0) is 9.53 Å². The van der Waals surface area contributed by atoms with Crippen molar-refractivity contribution in [2.75, 3.05) is 13.4 Å². The Morgan fingerprint density at radius 2 is 2.05 bits per heavy atom. The molecular formula is C17H30O2S. The molecule has 0 heterocycles. The van der Waals surface area contributed by atoms with E-state index < -0.39 is 0 Å². The van der Waals surface area contributed by atoms with Gasteiger partial charge < -0.3 is 4.74 Å². The molecule has 0 aromatic heterocycles. The zero-order chi connectivity index (χ0) is 15.6. The van der Waals surface area contributed by atoms with Crippen molar-refractivity contribution in [3.05, 3.63) is 23.8 Å². The number of allylic oxidation sites excluding steroid dienone is 3. The van der Waals surface area contributed by atoms with Crippen molar-refractivity contribution in [1.29, 1.82) is 0 Å². The first-order chi connectivity index (χ1) is 9.30. The highest BCUT2D eigenvalue weighted by atomic mass is 32.2. The first-order valence-electron chi connectivity index (χ1n) is 7.28. The van der Waals surface area contributed by atoms with Gasteiger partial charge in [0.1, 0.15) is 0 Å². The van der Waals surface area contributed by atoms with Gasteiger partial charge in [-0.15, -0.1) is 0 Å². The highest BCUT2D eigenvalue weighted by Crippen LogP contribution is 2.28. The summed E-state index contributed by atoms with van der Waals surface area (Å²) in [6.07, 6.45) is 12.7. The van der Waals surface area contributed by atoms with Gasteiger partial charge in [0.05, 0.1) is 7.11 Å². The summed E-state index contributed by atoms with van der Waals surface area (Å²) in [5.41, 5.74) is 0.938. The number of hydrogen-bond donors (Lipinski definition) is 0. The second-order valence-electron chi connectivity index (χ2n) is 6.01. The van der Waals surface area contributed by atoms with E-state index in [1.807, 2.05) is 24.8 Å². The zero-order valence-corrected chi connectivity index (χ0v) is 14.7. The molecule has 0 amide bonds. The minimum atomic E-state index is -0.292. The van der Waals surface area contributed by atoms with Gasteiger partial charge in [-0.05, 0) is 37.5 Å². The van der Waals surface area contributed by atoms with Crippen molar-refractivity contribution < 1.29 is 9.53 Å². The van der Waals surface area contributed by atoms with Crippen molar-refractivity contribution in [2.24, 2.45) is 5.92 Å². The lowest BCUT2D eigenvalue weighted by Crippen LogP contribution is -2.13. The van der Waals surface area contributed by atoms with E-state index in [1.165, 1.54) is 32.4 Å². The molecule has 0 spiro atoms. The third kappa shape index (κ3) is 10.1. The molecule has 1 atom stereocenters. The molecule has 0 N–H and O–H groups in total. The topological polar surface area (TPSA) is 26.3 Å². The number of methoxy groups -OCH3 is 1. The Balaban J connectivity index is 3.96. The van der Waals surface area contributed by atoms with Crippen LogP contribution in [-0.4, -0.2) is 24.1 Å². The van der Waals surface area contributed by atoms with Gasteiger partial charge in [0.15, 0.2) is 0 Å². The van der Waals surface area contributed by atoms with Gasteiger partial charge in [-0.1, -0.05) is 45.8 Å². The van der Waals surface area contributed by atoms with E-state index >= 15 is 0 Å². The van der Waals surface area contributed by atoms with Gasteiger partial charge in [-0.3, -0.25) is 0 Å². The summed E-state index contributed by atoms with van der Waals surface area (Å²) in [5, 5.41) is 0. The molecule has 0 aliphatic heterocycles. The zero-order valence-electron chi connectivity index (χ0n) is 13.9. The van der Waals surface area contributed by atoms with E-state index in [2.05, 4.69) is 37.8 Å². The number of ether oxygens (including phenoxy) is 1. The molecule has 0 fully saturated rings. The fraction of sp³-hybridized carbons (Fsp3) is 0.706. The maximum Gasteiger partial charge on any atom is 0.330 e. The van der Waals surface area contributed by atoms with Crippen LogP contribution in [0.5, 0.6) is 0 Å². The summed E-state index contributed by atoms with van der Waals surface area (Å²) in [5.74, 6) is 0.398. The maximum atomic E-state index is 11.0. The van der Waals surface area contributed by atoms with Gasteiger partial charge in [0, 0.05) is 10.8 Å². The molecule has 2 nitrogen and oxygen atoms in total. The molecule has 0 aromatic rings. The maximum absolute atomic E-state index is 11.0. The van der Waals surface area contributed by atoms with E-state index in [4.69, 9.17) is 0 Å². The molecular weight excluding hydrogens is 268 g/mol. The third-order valence-corrected chi connectivity index (χ3v) is 4.80.